The van der Waals surface area contributed by atoms with E-state index in [1.807, 2.05) is 0 Å². The molecule has 0 atom stereocenters. The molecule has 48 heavy (non-hydrogen) atoms. The second-order valence-corrected chi connectivity index (χ2v) is 10.9. The minimum absolute atomic E-state index is 0.0538. The van der Waals surface area contributed by atoms with Gasteiger partial charge in [-0.15, -0.1) is 8.78 Å². The van der Waals surface area contributed by atoms with Crippen LogP contribution in [0.2, 0.25) is 0 Å². The lowest BCUT2D eigenvalue weighted by Gasteiger charge is -2.45. The number of amides is 3. The van der Waals surface area contributed by atoms with Crippen LogP contribution in [0, 0.1) is 5.82 Å². The summed E-state index contributed by atoms with van der Waals surface area (Å²) >= 11 is 0. The smallest absolute Gasteiger partial charge is 0.496 e. The Morgan fingerprint density at radius 3 is 2.33 bits per heavy atom. The van der Waals surface area contributed by atoms with E-state index >= 15 is 0 Å². The SMILES string of the molecule is COc1ccc(C2=NOC3(C2)CN(C(=O)CO)C3)cc1C(=O)Nc1cc2c(cc1C(=O)Nc1ccc(F)c(C(F)(F)F)c1)OC(F)(F)O2. The van der Waals surface area contributed by atoms with Crippen molar-refractivity contribution < 1.29 is 64.9 Å². The van der Waals surface area contributed by atoms with E-state index in [-0.39, 0.29) is 30.8 Å². The molecule has 6 rings (SSSR count). The number of methoxy groups -OCH3 is 1. The van der Waals surface area contributed by atoms with Crippen molar-refractivity contribution in [3.05, 3.63) is 76.6 Å². The molecular formula is C30H22F6N4O8. The quantitative estimate of drug-likeness (QED) is 0.312. The molecule has 0 radical (unpaired) electrons. The number of fused-ring (bicyclic) bond motifs is 1. The van der Waals surface area contributed by atoms with E-state index in [1.54, 1.807) is 6.07 Å². The Hall–Kier alpha value is -5.52. The van der Waals surface area contributed by atoms with Crippen molar-refractivity contribution in [1.29, 1.82) is 0 Å². The summed E-state index contributed by atoms with van der Waals surface area (Å²) < 4.78 is 95.4. The summed E-state index contributed by atoms with van der Waals surface area (Å²) in [6.45, 7) is -0.278. The summed E-state index contributed by atoms with van der Waals surface area (Å²) in [5, 5.41) is 17.7. The van der Waals surface area contributed by atoms with Crippen LogP contribution in [0.15, 0.2) is 53.7 Å². The molecule has 3 aliphatic rings. The fourth-order valence-electron chi connectivity index (χ4n) is 5.33. The van der Waals surface area contributed by atoms with Crippen molar-refractivity contribution in [2.75, 3.05) is 37.4 Å². The Bertz CT molecular complexity index is 1880. The number of hydrogen-bond acceptors (Lipinski definition) is 9. The fraction of sp³-hybridized carbons (Fsp3) is 0.267. The maximum atomic E-state index is 13.9. The second kappa shape index (κ2) is 11.6. The molecule has 3 N–H and O–H groups in total. The number of ether oxygens (including phenoxy) is 3. The van der Waals surface area contributed by atoms with Gasteiger partial charge in [-0.05, 0) is 42.5 Å². The number of nitrogens with zero attached hydrogens (tertiary/aromatic N) is 2. The van der Waals surface area contributed by atoms with Crippen LogP contribution >= 0.6 is 0 Å². The maximum Gasteiger partial charge on any atom is 0.586 e. The Labute approximate surface area is 265 Å². The van der Waals surface area contributed by atoms with Gasteiger partial charge >= 0.3 is 12.5 Å². The molecule has 0 unspecified atom stereocenters. The van der Waals surface area contributed by atoms with Crippen LogP contribution in [0.3, 0.4) is 0 Å². The number of hydrogen-bond donors (Lipinski definition) is 3. The third kappa shape index (κ3) is 6.13. The van der Waals surface area contributed by atoms with Crippen LogP contribution in [0.5, 0.6) is 17.2 Å². The number of rotatable bonds is 7. The summed E-state index contributed by atoms with van der Waals surface area (Å²) in [5.74, 6) is -5.27. The van der Waals surface area contributed by atoms with Crippen molar-refractivity contribution in [1.82, 2.24) is 4.90 Å². The van der Waals surface area contributed by atoms with Gasteiger partial charge in [-0.25, -0.2) is 4.39 Å². The van der Waals surface area contributed by atoms with E-state index in [2.05, 4.69) is 25.3 Å². The van der Waals surface area contributed by atoms with Crippen LogP contribution in [0.1, 0.15) is 38.3 Å². The van der Waals surface area contributed by atoms with Crippen LogP contribution in [-0.4, -0.2) is 72.1 Å². The predicted molar refractivity (Wildman–Crippen MR) is 152 cm³/mol. The van der Waals surface area contributed by atoms with Crippen LogP contribution in [0.4, 0.5) is 37.7 Å². The third-order valence-electron chi connectivity index (χ3n) is 7.63. The van der Waals surface area contributed by atoms with Crippen LogP contribution < -0.4 is 24.8 Å². The molecule has 12 nitrogen and oxygen atoms in total. The summed E-state index contributed by atoms with van der Waals surface area (Å²) in [7, 11) is 1.28. The number of carbonyl (C=O) groups is 3. The number of aliphatic hydroxyl groups excluding tert-OH is 1. The number of halogens is 6. The first-order valence-electron chi connectivity index (χ1n) is 13.9. The first-order valence-corrected chi connectivity index (χ1v) is 13.9. The molecule has 3 aromatic carbocycles. The van der Waals surface area contributed by atoms with Crippen molar-refractivity contribution in [2.45, 2.75) is 24.5 Å². The molecule has 3 heterocycles. The van der Waals surface area contributed by atoms with Gasteiger partial charge in [0.1, 0.15) is 18.2 Å². The minimum Gasteiger partial charge on any atom is -0.496 e. The maximum absolute atomic E-state index is 13.9. The molecule has 0 bridgehead atoms. The summed E-state index contributed by atoms with van der Waals surface area (Å²) in [6, 6.07) is 7.75. The first-order chi connectivity index (χ1) is 22.6. The monoisotopic (exact) mass is 680 g/mol. The zero-order valence-corrected chi connectivity index (χ0v) is 24.4. The molecule has 0 aromatic heterocycles. The normalized spacial score (nSPS) is 16.9. The summed E-state index contributed by atoms with van der Waals surface area (Å²) in [5.41, 5.74) is -3.16. The number of nitrogens with one attached hydrogen (secondary N) is 2. The van der Waals surface area contributed by atoms with E-state index in [9.17, 15) is 40.7 Å². The Morgan fingerprint density at radius 1 is 0.979 bits per heavy atom. The molecule has 18 heteroatoms. The number of likely N-dealkylation sites (tertiary alicyclic amines) is 1. The van der Waals surface area contributed by atoms with Crippen molar-refractivity contribution in [3.63, 3.8) is 0 Å². The van der Waals surface area contributed by atoms with Crippen LogP contribution in [-0.2, 0) is 15.8 Å². The van der Waals surface area contributed by atoms with E-state index < -0.39 is 82.2 Å². The lowest BCUT2D eigenvalue weighted by Crippen LogP contribution is -2.64. The Kier molecular flexibility index (Phi) is 7.85. The van der Waals surface area contributed by atoms with Gasteiger partial charge in [0.15, 0.2) is 17.1 Å². The largest absolute Gasteiger partial charge is 0.586 e. The molecule has 3 amide bonds. The van der Waals surface area contributed by atoms with Crippen molar-refractivity contribution in [3.8, 4) is 17.2 Å². The van der Waals surface area contributed by atoms with Crippen molar-refractivity contribution >= 4 is 34.8 Å². The molecule has 0 saturated carbocycles. The topological polar surface area (TPSA) is 148 Å². The van der Waals surface area contributed by atoms with E-state index in [4.69, 9.17) is 14.7 Å². The first kappa shape index (κ1) is 32.4. The van der Waals surface area contributed by atoms with E-state index in [0.717, 1.165) is 18.2 Å². The number of carbonyl (C=O) groups excluding carboxylic acids is 3. The number of alkyl halides is 5. The Morgan fingerprint density at radius 2 is 1.67 bits per heavy atom. The molecule has 0 aliphatic carbocycles. The van der Waals surface area contributed by atoms with E-state index in [1.165, 1.54) is 24.1 Å². The van der Waals surface area contributed by atoms with Gasteiger partial charge in [0.2, 0.25) is 5.91 Å². The van der Waals surface area contributed by atoms with Gasteiger partial charge in [-0.3, -0.25) is 14.4 Å². The van der Waals surface area contributed by atoms with Gasteiger partial charge < -0.3 is 39.7 Å². The molecule has 1 spiro atoms. The Balaban J connectivity index is 1.28. The number of anilines is 2. The number of aliphatic hydroxyl groups is 1. The highest BCUT2D eigenvalue weighted by atomic mass is 19.4. The zero-order chi connectivity index (χ0) is 34.6. The standard InChI is InChI=1S/C30H22F6N4O8/c1-45-22-5-2-14(21-10-28(48-39-21)12-40(13-28)25(42)11-41)6-17(22)27(44)38-20-9-24-23(46-30(35,36)47-24)8-16(20)26(43)37-15-3-4-19(31)18(7-15)29(32,33)34/h2-9,41H,10-13H2,1H3,(H,37,43)(H,38,44). The van der Waals surface area contributed by atoms with Gasteiger partial charge in [0.05, 0.1) is 48.3 Å². The number of oxime groups is 1. The van der Waals surface area contributed by atoms with Gasteiger partial charge in [-0.1, -0.05) is 5.16 Å². The summed E-state index contributed by atoms with van der Waals surface area (Å²) in [6.07, 6.45) is -8.95. The highest BCUT2D eigenvalue weighted by molar-refractivity contribution is 6.14. The second-order valence-electron chi connectivity index (χ2n) is 10.9. The molecule has 252 valence electrons. The molecule has 1 fully saturated rings. The molecule has 3 aromatic rings. The van der Waals surface area contributed by atoms with Gasteiger partial charge in [0.25, 0.3) is 11.8 Å². The van der Waals surface area contributed by atoms with E-state index in [0.29, 0.717) is 23.4 Å². The lowest BCUT2D eigenvalue weighted by molar-refractivity contribution is -0.286. The van der Waals surface area contributed by atoms with Crippen molar-refractivity contribution in [2.24, 2.45) is 5.16 Å². The third-order valence-corrected chi connectivity index (χ3v) is 7.63. The zero-order valence-electron chi connectivity index (χ0n) is 24.4. The molecular weight excluding hydrogens is 658 g/mol. The molecule has 3 aliphatic heterocycles. The highest BCUT2D eigenvalue weighted by Crippen LogP contribution is 2.44. The van der Waals surface area contributed by atoms with Gasteiger partial charge in [0, 0.05) is 23.7 Å². The van der Waals surface area contributed by atoms with Crippen LogP contribution in [0.25, 0.3) is 0 Å². The average molecular weight is 681 g/mol. The molecule has 1 saturated heterocycles. The fourth-order valence-corrected chi connectivity index (χ4v) is 5.33. The summed E-state index contributed by atoms with van der Waals surface area (Å²) in [4.78, 5) is 45.6. The lowest BCUT2D eigenvalue weighted by atomic mass is 9.86. The highest BCUT2D eigenvalue weighted by Gasteiger charge is 2.51. The van der Waals surface area contributed by atoms with Gasteiger partial charge in [-0.2, -0.15) is 13.2 Å². The predicted octanol–water partition coefficient (Wildman–Crippen LogP) is 4.38. The minimum atomic E-state index is -5.09. The average Bonchev–Trinajstić information content (AvgIpc) is 3.59. The number of benzene rings is 3.